The standard InChI is InChI=1S/C25H43N3O5/c1-5-6-12-27-24(30)19(3)16-22(29)21(26)15-18(2)17-28-25(31)20-10-7-8-11-23(20)33-14-9-13-32-4/h7-8,10-11,18-19,21-22,29H,5-6,9,12-17,26H2,1-4H3,(H,27,30)(H,28,31). The average molecular weight is 466 g/mol. The molecule has 0 radical (unpaired) electrons. The minimum Gasteiger partial charge on any atom is -0.493 e. The van der Waals surface area contributed by atoms with Crippen molar-refractivity contribution in [2.45, 2.75) is 65.0 Å². The predicted molar refractivity (Wildman–Crippen MR) is 130 cm³/mol. The molecule has 0 bridgehead atoms. The number of aliphatic hydroxyl groups is 1. The molecule has 4 atom stereocenters. The van der Waals surface area contributed by atoms with Crippen molar-refractivity contribution in [3.05, 3.63) is 29.8 Å². The number of carbonyl (C=O) groups is 2. The molecule has 0 saturated heterocycles. The van der Waals surface area contributed by atoms with Gasteiger partial charge in [0.15, 0.2) is 0 Å². The highest BCUT2D eigenvalue weighted by atomic mass is 16.5. The van der Waals surface area contributed by atoms with E-state index in [2.05, 4.69) is 17.6 Å². The van der Waals surface area contributed by atoms with Gasteiger partial charge in [0.2, 0.25) is 5.91 Å². The zero-order chi connectivity index (χ0) is 24.6. The summed E-state index contributed by atoms with van der Waals surface area (Å²) >= 11 is 0. The maximum absolute atomic E-state index is 12.7. The second kappa shape index (κ2) is 16.5. The van der Waals surface area contributed by atoms with Crippen LogP contribution in [0.15, 0.2) is 24.3 Å². The Bertz CT molecular complexity index is 700. The number of unbranched alkanes of at least 4 members (excludes halogenated alkanes) is 1. The average Bonchev–Trinajstić information content (AvgIpc) is 2.80. The molecule has 0 fully saturated rings. The Morgan fingerprint density at radius 3 is 2.52 bits per heavy atom. The summed E-state index contributed by atoms with van der Waals surface area (Å²) in [5.41, 5.74) is 6.67. The van der Waals surface area contributed by atoms with E-state index in [0.29, 0.717) is 50.5 Å². The van der Waals surface area contributed by atoms with E-state index in [1.807, 2.05) is 13.0 Å². The maximum atomic E-state index is 12.7. The highest BCUT2D eigenvalue weighted by molar-refractivity contribution is 5.96. The van der Waals surface area contributed by atoms with Crippen LogP contribution in [-0.4, -0.2) is 62.5 Å². The largest absolute Gasteiger partial charge is 0.493 e. The van der Waals surface area contributed by atoms with Crippen LogP contribution in [-0.2, 0) is 9.53 Å². The second-order valence-electron chi connectivity index (χ2n) is 8.75. The Morgan fingerprint density at radius 2 is 1.82 bits per heavy atom. The number of hydrogen-bond donors (Lipinski definition) is 4. The number of amides is 2. The monoisotopic (exact) mass is 465 g/mol. The quantitative estimate of drug-likeness (QED) is 0.262. The van der Waals surface area contributed by atoms with Gasteiger partial charge in [-0.05, 0) is 37.3 Å². The number of carbonyl (C=O) groups excluding carboxylic acids is 2. The van der Waals surface area contributed by atoms with E-state index in [1.165, 1.54) is 0 Å². The normalized spacial score (nSPS) is 14.7. The summed E-state index contributed by atoms with van der Waals surface area (Å²) < 4.78 is 10.7. The zero-order valence-electron chi connectivity index (χ0n) is 20.6. The number of hydrogen-bond acceptors (Lipinski definition) is 6. The first-order valence-electron chi connectivity index (χ1n) is 12.0. The molecule has 4 unspecified atom stereocenters. The number of ether oxygens (including phenoxy) is 2. The van der Waals surface area contributed by atoms with Crippen molar-refractivity contribution in [2.24, 2.45) is 17.6 Å². The second-order valence-corrected chi connectivity index (χ2v) is 8.75. The van der Waals surface area contributed by atoms with Gasteiger partial charge >= 0.3 is 0 Å². The van der Waals surface area contributed by atoms with Gasteiger partial charge in [0.1, 0.15) is 5.75 Å². The summed E-state index contributed by atoms with van der Waals surface area (Å²) in [6.45, 7) is 7.98. The van der Waals surface area contributed by atoms with Gasteiger partial charge in [0.25, 0.3) is 5.91 Å². The first kappa shape index (κ1) is 28.9. The highest BCUT2D eigenvalue weighted by Gasteiger charge is 2.23. The molecule has 1 aromatic rings. The lowest BCUT2D eigenvalue weighted by Crippen LogP contribution is -2.41. The predicted octanol–water partition coefficient (Wildman–Crippen LogP) is 2.49. The van der Waals surface area contributed by atoms with E-state index in [-0.39, 0.29) is 23.7 Å². The van der Waals surface area contributed by atoms with Crippen molar-refractivity contribution in [2.75, 3.05) is 33.4 Å². The molecule has 33 heavy (non-hydrogen) atoms. The minimum atomic E-state index is -0.781. The van der Waals surface area contributed by atoms with Crippen LogP contribution in [0.3, 0.4) is 0 Å². The van der Waals surface area contributed by atoms with Crippen LogP contribution < -0.4 is 21.1 Å². The van der Waals surface area contributed by atoms with Gasteiger partial charge in [-0.2, -0.15) is 0 Å². The summed E-state index contributed by atoms with van der Waals surface area (Å²) in [6.07, 6.45) is 2.75. The van der Waals surface area contributed by atoms with Gasteiger partial charge in [0, 0.05) is 45.2 Å². The van der Waals surface area contributed by atoms with Gasteiger partial charge in [-0.15, -0.1) is 0 Å². The van der Waals surface area contributed by atoms with E-state index in [0.717, 1.165) is 19.3 Å². The van der Waals surface area contributed by atoms with Gasteiger partial charge in [-0.1, -0.05) is 39.3 Å². The van der Waals surface area contributed by atoms with E-state index in [1.54, 1.807) is 32.2 Å². The third kappa shape index (κ3) is 11.5. The van der Waals surface area contributed by atoms with Crippen LogP contribution in [0.2, 0.25) is 0 Å². The third-order valence-electron chi connectivity index (χ3n) is 5.53. The Morgan fingerprint density at radius 1 is 1.09 bits per heavy atom. The van der Waals surface area contributed by atoms with Crippen LogP contribution in [0.25, 0.3) is 0 Å². The lowest BCUT2D eigenvalue weighted by Gasteiger charge is -2.24. The van der Waals surface area contributed by atoms with Gasteiger partial charge in [-0.25, -0.2) is 0 Å². The van der Waals surface area contributed by atoms with Crippen molar-refractivity contribution in [1.29, 1.82) is 0 Å². The Balaban J connectivity index is 2.45. The molecule has 2 amide bonds. The molecule has 0 aliphatic rings. The molecule has 1 rings (SSSR count). The Kier molecular flexibility index (Phi) is 14.4. The molecule has 1 aromatic carbocycles. The maximum Gasteiger partial charge on any atom is 0.255 e. The summed E-state index contributed by atoms with van der Waals surface area (Å²) in [4.78, 5) is 24.8. The number of nitrogens with two attached hydrogens (primary N) is 1. The molecule has 0 aromatic heterocycles. The number of methoxy groups -OCH3 is 1. The van der Waals surface area contributed by atoms with E-state index in [9.17, 15) is 14.7 Å². The fourth-order valence-electron chi connectivity index (χ4n) is 3.44. The van der Waals surface area contributed by atoms with Crippen LogP contribution in [0.5, 0.6) is 5.75 Å². The molecule has 188 valence electrons. The van der Waals surface area contributed by atoms with Crippen molar-refractivity contribution in [3.8, 4) is 5.75 Å². The van der Waals surface area contributed by atoms with Crippen LogP contribution >= 0.6 is 0 Å². The molecule has 0 aliphatic heterocycles. The first-order valence-corrected chi connectivity index (χ1v) is 12.0. The molecular weight excluding hydrogens is 422 g/mol. The molecule has 5 N–H and O–H groups in total. The molecule has 8 nitrogen and oxygen atoms in total. The molecular formula is C25H43N3O5. The van der Waals surface area contributed by atoms with Gasteiger partial charge in [0.05, 0.1) is 18.3 Å². The number of nitrogens with one attached hydrogen (secondary N) is 2. The fourth-order valence-corrected chi connectivity index (χ4v) is 3.44. The Labute approximate surface area is 198 Å². The van der Waals surface area contributed by atoms with E-state index >= 15 is 0 Å². The van der Waals surface area contributed by atoms with Crippen LogP contribution in [0.4, 0.5) is 0 Å². The number of para-hydroxylation sites is 1. The SMILES string of the molecule is CCCCNC(=O)C(C)CC(O)C(N)CC(C)CNC(=O)c1ccccc1OCCCOC. The van der Waals surface area contributed by atoms with Crippen LogP contribution in [0, 0.1) is 11.8 Å². The highest BCUT2D eigenvalue weighted by Crippen LogP contribution is 2.19. The molecule has 0 heterocycles. The zero-order valence-corrected chi connectivity index (χ0v) is 20.6. The van der Waals surface area contributed by atoms with Gasteiger partial charge in [-0.3, -0.25) is 9.59 Å². The lowest BCUT2D eigenvalue weighted by molar-refractivity contribution is -0.125. The smallest absolute Gasteiger partial charge is 0.255 e. The summed E-state index contributed by atoms with van der Waals surface area (Å²) in [6, 6.07) is 6.66. The molecule has 0 spiro atoms. The summed E-state index contributed by atoms with van der Waals surface area (Å²) in [7, 11) is 1.64. The van der Waals surface area contributed by atoms with Crippen molar-refractivity contribution < 1.29 is 24.2 Å². The van der Waals surface area contributed by atoms with Gasteiger partial charge < -0.3 is 30.9 Å². The Hall–Kier alpha value is -2.16. The number of benzene rings is 1. The van der Waals surface area contributed by atoms with Crippen molar-refractivity contribution in [1.82, 2.24) is 10.6 Å². The number of rotatable bonds is 17. The van der Waals surface area contributed by atoms with Crippen LogP contribution in [0.1, 0.15) is 63.2 Å². The van der Waals surface area contributed by atoms with Crippen molar-refractivity contribution in [3.63, 3.8) is 0 Å². The summed E-state index contributed by atoms with van der Waals surface area (Å²) in [5, 5.41) is 16.3. The topological polar surface area (TPSA) is 123 Å². The lowest BCUT2D eigenvalue weighted by atomic mass is 9.92. The molecule has 0 aliphatic carbocycles. The first-order chi connectivity index (χ1) is 15.8. The third-order valence-corrected chi connectivity index (χ3v) is 5.53. The molecule has 0 saturated carbocycles. The minimum absolute atomic E-state index is 0.0573. The number of aliphatic hydroxyl groups excluding tert-OH is 1. The molecule has 8 heteroatoms. The van der Waals surface area contributed by atoms with E-state index in [4.69, 9.17) is 15.2 Å². The van der Waals surface area contributed by atoms with E-state index < -0.39 is 12.1 Å². The summed E-state index contributed by atoms with van der Waals surface area (Å²) in [5.74, 6) is 0.0197. The van der Waals surface area contributed by atoms with Crippen molar-refractivity contribution >= 4 is 11.8 Å². The fraction of sp³-hybridized carbons (Fsp3) is 0.680.